The Hall–Kier alpha value is 0.240. The van der Waals surface area contributed by atoms with E-state index in [4.69, 9.17) is 12.2 Å². The van der Waals surface area contributed by atoms with Crippen molar-refractivity contribution in [3.8, 4) is 0 Å². The molecule has 96 valence electrons. The number of unbranched alkanes of at least 4 members (excludes halogenated alkanes) is 3. The molecule has 0 amide bonds. The summed E-state index contributed by atoms with van der Waals surface area (Å²) in [5.41, 5.74) is 0. The Bertz CT molecular complexity index is 169. The van der Waals surface area contributed by atoms with Gasteiger partial charge in [-0.1, -0.05) is 70.4 Å². The van der Waals surface area contributed by atoms with Crippen LogP contribution in [-0.4, -0.2) is 16.6 Å². The van der Waals surface area contributed by atoms with Crippen LogP contribution in [-0.2, 0) is 0 Å². The Balaban J connectivity index is 3.15. The fraction of sp³-hybridized carbons (Fsp3) is 0.923. The maximum atomic E-state index is 5.24. The Morgan fingerprint density at radius 1 is 1.19 bits per heavy atom. The standard InChI is InChI=1S/C13H27NS2/c1-4-5-11-16-13(15)14-10-8-6-7-9-12(2)3/h12H,4-11H2,1-3H3,(H,14,15). The first kappa shape index (κ1) is 16.2. The smallest absolute Gasteiger partial charge is 0.133 e. The van der Waals surface area contributed by atoms with E-state index in [1.54, 1.807) is 11.8 Å². The van der Waals surface area contributed by atoms with Crippen LogP contribution >= 0.6 is 24.0 Å². The molecule has 0 aliphatic carbocycles. The molecule has 3 heteroatoms. The molecule has 0 saturated heterocycles. The molecule has 0 aromatic carbocycles. The van der Waals surface area contributed by atoms with E-state index in [2.05, 4.69) is 26.1 Å². The van der Waals surface area contributed by atoms with Crippen molar-refractivity contribution in [2.75, 3.05) is 12.3 Å². The number of nitrogens with one attached hydrogen (secondary N) is 1. The van der Waals surface area contributed by atoms with Crippen LogP contribution in [0.15, 0.2) is 0 Å². The Kier molecular flexibility index (Phi) is 11.9. The van der Waals surface area contributed by atoms with E-state index in [-0.39, 0.29) is 0 Å². The maximum absolute atomic E-state index is 5.24. The average Bonchev–Trinajstić information content (AvgIpc) is 2.23. The first-order chi connectivity index (χ1) is 7.66. The lowest BCUT2D eigenvalue weighted by molar-refractivity contribution is 0.526. The second-order valence-corrected chi connectivity index (χ2v) is 6.43. The van der Waals surface area contributed by atoms with E-state index in [0.29, 0.717) is 0 Å². The maximum Gasteiger partial charge on any atom is 0.133 e. The quantitative estimate of drug-likeness (QED) is 0.481. The largest absolute Gasteiger partial charge is 0.371 e. The summed E-state index contributed by atoms with van der Waals surface area (Å²) in [6.07, 6.45) is 7.81. The Morgan fingerprint density at radius 3 is 2.56 bits per heavy atom. The van der Waals surface area contributed by atoms with Gasteiger partial charge in [-0.15, -0.1) is 0 Å². The zero-order chi connectivity index (χ0) is 12.2. The number of thiocarbonyl (C=S) groups is 1. The Morgan fingerprint density at radius 2 is 1.94 bits per heavy atom. The van der Waals surface area contributed by atoms with Gasteiger partial charge in [-0.3, -0.25) is 0 Å². The third-order valence-corrected chi connectivity index (χ3v) is 3.86. The van der Waals surface area contributed by atoms with E-state index in [0.717, 1.165) is 22.5 Å². The van der Waals surface area contributed by atoms with Gasteiger partial charge < -0.3 is 5.32 Å². The van der Waals surface area contributed by atoms with Gasteiger partial charge in [0, 0.05) is 12.3 Å². The van der Waals surface area contributed by atoms with Gasteiger partial charge in [0.05, 0.1) is 0 Å². The highest BCUT2D eigenvalue weighted by atomic mass is 32.2. The predicted octanol–water partition coefficient (Wildman–Crippen LogP) is 4.61. The van der Waals surface area contributed by atoms with Crippen LogP contribution in [0.2, 0.25) is 0 Å². The molecular weight excluding hydrogens is 234 g/mol. The van der Waals surface area contributed by atoms with E-state index < -0.39 is 0 Å². The van der Waals surface area contributed by atoms with Gasteiger partial charge in [0.1, 0.15) is 4.32 Å². The van der Waals surface area contributed by atoms with E-state index >= 15 is 0 Å². The molecule has 1 nitrogen and oxygen atoms in total. The van der Waals surface area contributed by atoms with Crippen molar-refractivity contribution in [1.82, 2.24) is 5.32 Å². The summed E-state index contributed by atoms with van der Waals surface area (Å²) in [5, 5.41) is 3.32. The SMILES string of the molecule is CCCCSC(=S)NCCCCCC(C)C. The fourth-order valence-electron chi connectivity index (χ4n) is 1.41. The molecule has 0 saturated carbocycles. The molecule has 0 radical (unpaired) electrons. The van der Waals surface area contributed by atoms with Crippen LogP contribution < -0.4 is 5.32 Å². The van der Waals surface area contributed by atoms with Gasteiger partial charge in [0.15, 0.2) is 0 Å². The third kappa shape index (κ3) is 12.3. The van der Waals surface area contributed by atoms with Crippen molar-refractivity contribution in [2.24, 2.45) is 5.92 Å². The normalized spacial score (nSPS) is 10.8. The highest BCUT2D eigenvalue weighted by Crippen LogP contribution is 2.08. The minimum atomic E-state index is 0.846. The molecule has 0 aromatic rings. The van der Waals surface area contributed by atoms with Crippen LogP contribution in [0.4, 0.5) is 0 Å². The van der Waals surface area contributed by atoms with E-state index in [1.165, 1.54) is 38.5 Å². The summed E-state index contributed by atoms with van der Waals surface area (Å²) < 4.78 is 0.984. The van der Waals surface area contributed by atoms with Crippen molar-refractivity contribution >= 4 is 28.3 Å². The Labute approximate surface area is 111 Å². The summed E-state index contributed by atoms with van der Waals surface area (Å²) in [4.78, 5) is 0. The minimum Gasteiger partial charge on any atom is -0.371 e. The molecule has 0 atom stereocenters. The van der Waals surface area contributed by atoms with Gasteiger partial charge >= 0.3 is 0 Å². The van der Waals surface area contributed by atoms with E-state index in [1.807, 2.05) is 0 Å². The van der Waals surface area contributed by atoms with Crippen LogP contribution in [0.1, 0.15) is 59.3 Å². The lowest BCUT2D eigenvalue weighted by Crippen LogP contribution is -2.19. The van der Waals surface area contributed by atoms with Crippen molar-refractivity contribution in [1.29, 1.82) is 0 Å². The molecular formula is C13H27NS2. The second kappa shape index (κ2) is 11.7. The van der Waals surface area contributed by atoms with Crippen LogP contribution in [0.25, 0.3) is 0 Å². The first-order valence-corrected chi connectivity index (χ1v) is 7.96. The monoisotopic (exact) mass is 261 g/mol. The van der Waals surface area contributed by atoms with Gasteiger partial charge in [0.2, 0.25) is 0 Å². The van der Waals surface area contributed by atoms with Crippen molar-refractivity contribution in [3.63, 3.8) is 0 Å². The van der Waals surface area contributed by atoms with Crippen molar-refractivity contribution < 1.29 is 0 Å². The van der Waals surface area contributed by atoms with Crippen molar-refractivity contribution in [3.05, 3.63) is 0 Å². The molecule has 0 aliphatic rings. The fourth-order valence-corrected chi connectivity index (χ4v) is 2.58. The van der Waals surface area contributed by atoms with Crippen LogP contribution in [0.3, 0.4) is 0 Å². The lowest BCUT2D eigenvalue weighted by Gasteiger charge is -2.07. The first-order valence-electron chi connectivity index (χ1n) is 6.57. The molecule has 0 spiro atoms. The summed E-state index contributed by atoms with van der Waals surface area (Å²) in [5.74, 6) is 2.01. The van der Waals surface area contributed by atoms with Gasteiger partial charge in [-0.05, 0) is 18.8 Å². The molecule has 0 rings (SSSR count). The number of thioether (sulfide) groups is 1. The van der Waals surface area contributed by atoms with E-state index in [9.17, 15) is 0 Å². The minimum absolute atomic E-state index is 0.846. The van der Waals surface area contributed by atoms with Crippen LogP contribution in [0, 0.1) is 5.92 Å². The average molecular weight is 261 g/mol. The summed E-state index contributed by atoms with van der Waals surface area (Å²) in [7, 11) is 0. The summed E-state index contributed by atoms with van der Waals surface area (Å²) >= 11 is 7.03. The lowest BCUT2D eigenvalue weighted by atomic mass is 10.1. The molecule has 0 heterocycles. The van der Waals surface area contributed by atoms with Crippen molar-refractivity contribution in [2.45, 2.75) is 59.3 Å². The molecule has 16 heavy (non-hydrogen) atoms. The molecule has 0 fully saturated rings. The van der Waals surface area contributed by atoms with Gasteiger partial charge in [-0.2, -0.15) is 0 Å². The molecule has 0 bridgehead atoms. The zero-order valence-corrected chi connectivity index (χ0v) is 12.7. The number of rotatable bonds is 9. The number of hydrogen-bond acceptors (Lipinski definition) is 2. The van der Waals surface area contributed by atoms with Gasteiger partial charge in [-0.25, -0.2) is 0 Å². The summed E-state index contributed by atoms with van der Waals surface area (Å²) in [6.45, 7) is 7.84. The number of hydrogen-bond donors (Lipinski definition) is 1. The highest BCUT2D eigenvalue weighted by Gasteiger charge is 1.97. The van der Waals surface area contributed by atoms with Gasteiger partial charge in [0.25, 0.3) is 0 Å². The molecule has 0 aliphatic heterocycles. The molecule has 1 N–H and O–H groups in total. The van der Waals surface area contributed by atoms with Crippen LogP contribution in [0.5, 0.6) is 0 Å². The summed E-state index contributed by atoms with van der Waals surface area (Å²) in [6, 6.07) is 0. The second-order valence-electron chi connectivity index (χ2n) is 4.66. The molecule has 0 aromatic heterocycles. The molecule has 0 unspecified atom stereocenters. The zero-order valence-electron chi connectivity index (χ0n) is 11.1. The predicted molar refractivity (Wildman–Crippen MR) is 81.3 cm³/mol. The topological polar surface area (TPSA) is 12.0 Å². The highest BCUT2D eigenvalue weighted by molar-refractivity contribution is 8.22. The third-order valence-electron chi connectivity index (χ3n) is 2.46.